The van der Waals surface area contributed by atoms with E-state index in [4.69, 9.17) is 11.5 Å². The molecule has 1 fully saturated rings. The summed E-state index contributed by atoms with van der Waals surface area (Å²) in [6, 6.07) is 0.238. The van der Waals surface area contributed by atoms with Gasteiger partial charge in [0.05, 0.1) is 0 Å². The molecule has 1 saturated carbocycles. The number of hydrogen-bond acceptors (Lipinski definition) is 2. The van der Waals surface area contributed by atoms with Crippen LogP contribution in [-0.4, -0.2) is 11.6 Å². The lowest BCUT2D eigenvalue weighted by molar-refractivity contribution is 0.429. The minimum atomic E-state index is -0.0694. The fraction of sp³-hybridized carbons (Fsp3) is 1.00. The van der Waals surface area contributed by atoms with Crippen LogP contribution >= 0.6 is 0 Å². The summed E-state index contributed by atoms with van der Waals surface area (Å²) in [4.78, 5) is 0. The van der Waals surface area contributed by atoms with Gasteiger partial charge in [0.15, 0.2) is 0 Å². The van der Waals surface area contributed by atoms with Gasteiger partial charge in [-0.1, -0.05) is 0 Å². The van der Waals surface area contributed by atoms with E-state index in [1.807, 2.05) is 6.92 Å². The Labute approximate surface area is 50.2 Å². The molecule has 1 aliphatic carbocycles. The first-order valence-electron chi connectivity index (χ1n) is 3.17. The molecule has 0 bridgehead atoms. The number of rotatable bonds is 0. The van der Waals surface area contributed by atoms with Crippen LogP contribution in [0, 0.1) is 0 Å². The first-order chi connectivity index (χ1) is 3.63. The number of hydrogen-bond donors (Lipinski definition) is 2. The second-order valence-electron chi connectivity index (χ2n) is 3.00. The van der Waals surface area contributed by atoms with Crippen LogP contribution in [0.3, 0.4) is 0 Å². The van der Waals surface area contributed by atoms with E-state index < -0.39 is 0 Å². The SMILES string of the molecule is C[C@@]1(N)CCC[C@H]1N. The Hall–Kier alpha value is -0.0800. The normalized spacial score (nSPS) is 47.6. The van der Waals surface area contributed by atoms with Gasteiger partial charge in [-0.2, -0.15) is 0 Å². The monoisotopic (exact) mass is 114 g/mol. The van der Waals surface area contributed by atoms with E-state index in [0.29, 0.717) is 0 Å². The van der Waals surface area contributed by atoms with Gasteiger partial charge in [-0.25, -0.2) is 0 Å². The van der Waals surface area contributed by atoms with Crippen LogP contribution in [-0.2, 0) is 0 Å². The highest BCUT2D eigenvalue weighted by atomic mass is 14.9. The zero-order valence-electron chi connectivity index (χ0n) is 5.35. The standard InChI is InChI=1S/C6H14N2/c1-6(8)4-2-3-5(6)7/h5H,2-4,7-8H2,1H3/t5-,6-/m1/s1. The van der Waals surface area contributed by atoms with Gasteiger partial charge < -0.3 is 11.5 Å². The van der Waals surface area contributed by atoms with Crippen LogP contribution in [0.25, 0.3) is 0 Å². The second-order valence-corrected chi connectivity index (χ2v) is 3.00. The summed E-state index contributed by atoms with van der Waals surface area (Å²) < 4.78 is 0. The third kappa shape index (κ3) is 0.858. The molecule has 0 spiro atoms. The van der Waals surface area contributed by atoms with Crippen LogP contribution in [0.5, 0.6) is 0 Å². The van der Waals surface area contributed by atoms with E-state index in [-0.39, 0.29) is 11.6 Å². The van der Waals surface area contributed by atoms with Gasteiger partial charge >= 0.3 is 0 Å². The Morgan fingerprint density at radius 2 is 2.25 bits per heavy atom. The molecular formula is C6H14N2. The third-order valence-corrected chi connectivity index (χ3v) is 2.08. The Morgan fingerprint density at radius 1 is 1.62 bits per heavy atom. The van der Waals surface area contributed by atoms with Gasteiger partial charge in [0.1, 0.15) is 0 Å². The topological polar surface area (TPSA) is 52.0 Å². The molecule has 48 valence electrons. The molecule has 2 nitrogen and oxygen atoms in total. The summed E-state index contributed by atoms with van der Waals surface area (Å²) in [5.41, 5.74) is 11.4. The van der Waals surface area contributed by atoms with Crippen molar-refractivity contribution in [3.63, 3.8) is 0 Å². The van der Waals surface area contributed by atoms with Crippen molar-refractivity contribution in [1.82, 2.24) is 0 Å². The first kappa shape index (κ1) is 6.05. The number of nitrogens with two attached hydrogens (primary N) is 2. The van der Waals surface area contributed by atoms with Crippen molar-refractivity contribution in [2.24, 2.45) is 11.5 Å². The maximum absolute atomic E-state index is 5.80. The van der Waals surface area contributed by atoms with Crippen molar-refractivity contribution in [3.05, 3.63) is 0 Å². The molecule has 4 N–H and O–H groups in total. The van der Waals surface area contributed by atoms with Crippen LogP contribution in [0.15, 0.2) is 0 Å². The highest BCUT2D eigenvalue weighted by Crippen LogP contribution is 2.24. The molecule has 0 aromatic carbocycles. The Kier molecular flexibility index (Phi) is 1.29. The molecular weight excluding hydrogens is 100 g/mol. The van der Waals surface area contributed by atoms with E-state index in [1.54, 1.807) is 0 Å². The molecule has 2 atom stereocenters. The zero-order valence-corrected chi connectivity index (χ0v) is 5.35. The van der Waals surface area contributed by atoms with Crippen LogP contribution < -0.4 is 11.5 Å². The molecule has 0 heterocycles. The van der Waals surface area contributed by atoms with Gasteiger partial charge in [-0.05, 0) is 26.2 Å². The summed E-state index contributed by atoms with van der Waals surface area (Å²) in [6.07, 6.45) is 3.40. The maximum Gasteiger partial charge on any atom is 0.0279 e. The Bertz CT molecular complexity index is 88.5. The zero-order chi connectivity index (χ0) is 6.20. The Morgan fingerprint density at radius 3 is 2.38 bits per heavy atom. The summed E-state index contributed by atoms with van der Waals surface area (Å²) in [5.74, 6) is 0. The minimum Gasteiger partial charge on any atom is -0.326 e. The lowest BCUT2D eigenvalue weighted by Gasteiger charge is -2.22. The lowest BCUT2D eigenvalue weighted by atomic mass is 9.98. The largest absolute Gasteiger partial charge is 0.326 e. The van der Waals surface area contributed by atoms with Gasteiger partial charge in [0, 0.05) is 11.6 Å². The molecule has 1 rings (SSSR count). The average molecular weight is 114 g/mol. The van der Waals surface area contributed by atoms with Crippen molar-refractivity contribution in [2.75, 3.05) is 0 Å². The molecule has 0 unspecified atom stereocenters. The van der Waals surface area contributed by atoms with Gasteiger partial charge in [0.2, 0.25) is 0 Å². The van der Waals surface area contributed by atoms with Crippen molar-refractivity contribution in [3.8, 4) is 0 Å². The fourth-order valence-electron chi connectivity index (χ4n) is 1.22. The predicted molar refractivity (Wildman–Crippen MR) is 34.4 cm³/mol. The van der Waals surface area contributed by atoms with E-state index in [9.17, 15) is 0 Å². The molecule has 0 aromatic rings. The average Bonchev–Trinajstić information content (AvgIpc) is 1.86. The summed E-state index contributed by atoms with van der Waals surface area (Å²) in [7, 11) is 0. The molecule has 1 aliphatic rings. The summed E-state index contributed by atoms with van der Waals surface area (Å²) >= 11 is 0. The third-order valence-electron chi connectivity index (χ3n) is 2.08. The molecule has 8 heavy (non-hydrogen) atoms. The van der Waals surface area contributed by atoms with E-state index in [2.05, 4.69) is 0 Å². The van der Waals surface area contributed by atoms with Crippen LogP contribution in [0.2, 0.25) is 0 Å². The minimum absolute atomic E-state index is 0.0694. The lowest BCUT2D eigenvalue weighted by Crippen LogP contribution is -2.48. The molecule has 0 radical (unpaired) electrons. The van der Waals surface area contributed by atoms with Gasteiger partial charge in [-0.3, -0.25) is 0 Å². The Balaban J connectivity index is 2.54. The molecule has 2 heteroatoms. The first-order valence-corrected chi connectivity index (χ1v) is 3.17. The quantitative estimate of drug-likeness (QED) is 0.473. The smallest absolute Gasteiger partial charge is 0.0279 e. The van der Waals surface area contributed by atoms with Crippen molar-refractivity contribution >= 4 is 0 Å². The summed E-state index contributed by atoms with van der Waals surface area (Å²) in [6.45, 7) is 2.03. The molecule has 0 aromatic heterocycles. The predicted octanol–water partition coefficient (Wildman–Crippen LogP) is 0.215. The van der Waals surface area contributed by atoms with Crippen molar-refractivity contribution in [2.45, 2.75) is 37.8 Å². The fourth-order valence-corrected chi connectivity index (χ4v) is 1.22. The summed E-state index contributed by atoms with van der Waals surface area (Å²) in [5, 5.41) is 0. The maximum atomic E-state index is 5.80. The van der Waals surface area contributed by atoms with Crippen molar-refractivity contribution < 1.29 is 0 Å². The van der Waals surface area contributed by atoms with Gasteiger partial charge in [-0.15, -0.1) is 0 Å². The molecule has 0 amide bonds. The molecule has 0 aliphatic heterocycles. The van der Waals surface area contributed by atoms with Crippen molar-refractivity contribution in [1.29, 1.82) is 0 Å². The van der Waals surface area contributed by atoms with E-state index >= 15 is 0 Å². The molecule has 0 saturated heterocycles. The highest BCUT2D eigenvalue weighted by molar-refractivity contribution is 4.95. The van der Waals surface area contributed by atoms with Crippen LogP contribution in [0.1, 0.15) is 26.2 Å². The van der Waals surface area contributed by atoms with Gasteiger partial charge in [0.25, 0.3) is 0 Å². The van der Waals surface area contributed by atoms with Crippen LogP contribution in [0.4, 0.5) is 0 Å². The van der Waals surface area contributed by atoms with E-state index in [0.717, 1.165) is 12.8 Å². The van der Waals surface area contributed by atoms with E-state index in [1.165, 1.54) is 6.42 Å². The second kappa shape index (κ2) is 1.71. The highest BCUT2D eigenvalue weighted by Gasteiger charge is 2.31.